The van der Waals surface area contributed by atoms with Crippen LogP contribution >= 0.6 is 0 Å². The van der Waals surface area contributed by atoms with E-state index in [0.717, 1.165) is 0 Å². The first-order chi connectivity index (χ1) is 10.5. The van der Waals surface area contributed by atoms with Gasteiger partial charge in [0.15, 0.2) is 5.82 Å². The molecule has 2 rings (SSSR count). The third-order valence-corrected chi connectivity index (χ3v) is 3.19. The highest BCUT2D eigenvalue weighted by atomic mass is 19.1. The standard InChI is InChI=1S/C15H16FN3O3/c1-2-12(10-3-5-11(16)6-4-10)15(22)17-13-7-8-19(18-13)9-14(20)21/h3-8,12H,2,9H2,1H3,(H,20,21)(H,17,18,22). The molecule has 6 nitrogen and oxygen atoms in total. The van der Waals surface area contributed by atoms with Crippen LogP contribution in [0.15, 0.2) is 36.5 Å². The molecule has 0 radical (unpaired) electrons. The molecular formula is C15H16FN3O3. The number of halogens is 1. The van der Waals surface area contributed by atoms with Crippen LogP contribution in [0.2, 0.25) is 0 Å². The van der Waals surface area contributed by atoms with Crippen molar-refractivity contribution in [2.45, 2.75) is 25.8 Å². The number of carbonyl (C=O) groups is 2. The molecule has 1 heterocycles. The van der Waals surface area contributed by atoms with Crippen molar-refractivity contribution in [1.29, 1.82) is 0 Å². The van der Waals surface area contributed by atoms with Crippen molar-refractivity contribution < 1.29 is 19.1 Å². The number of nitrogens with zero attached hydrogens (tertiary/aromatic N) is 2. The van der Waals surface area contributed by atoms with Crippen molar-refractivity contribution in [3.8, 4) is 0 Å². The van der Waals surface area contributed by atoms with Crippen LogP contribution in [-0.4, -0.2) is 26.8 Å². The summed E-state index contributed by atoms with van der Waals surface area (Å²) in [7, 11) is 0. The molecule has 2 aromatic rings. The van der Waals surface area contributed by atoms with Gasteiger partial charge in [-0.15, -0.1) is 0 Å². The van der Waals surface area contributed by atoms with E-state index < -0.39 is 11.9 Å². The number of carbonyl (C=O) groups excluding carboxylic acids is 1. The number of amides is 1. The van der Waals surface area contributed by atoms with Gasteiger partial charge < -0.3 is 10.4 Å². The average Bonchev–Trinajstić information content (AvgIpc) is 2.88. The second kappa shape index (κ2) is 6.84. The minimum absolute atomic E-state index is 0.269. The number of nitrogens with one attached hydrogen (secondary N) is 1. The number of aromatic nitrogens is 2. The van der Waals surface area contributed by atoms with Crippen LogP contribution in [0.1, 0.15) is 24.8 Å². The first-order valence-corrected chi connectivity index (χ1v) is 6.81. The number of benzene rings is 1. The van der Waals surface area contributed by atoms with E-state index in [1.807, 2.05) is 6.92 Å². The summed E-state index contributed by atoms with van der Waals surface area (Å²) in [5.41, 5.74) is 0.714. The number of aliphatic carboxylic acids is 1. The summed E-state index contributed by atoms with van der Waals surface area (Å²) in [6.07, 6.45) is 2.02. The summed E-state index contributed by atoms with van der Waals surface area (Å²) in [4.78, 5) is 22.9. The zero-order valence-corrected chi connectivity index (χ0v) is 12.0. The Balaban J connectivity index is 2.07. The van der Waals surface area contributed by atoms with E-state index in [9.17, 15) is 14.0 Å². The van der Waals surface area contributed by atoms with Crippen molar-refractivity contribution in [1.82, 2.24) is 9.78 Å². The molecule has 7 heteroatoms. The number of hydrogen-bond acceptors (Lipinski definition) is 3. The Hall–Kier alpha value is -2.70. The van der Waals surface area contributed by atoms with Crippen LogP contribution in [0.3, 0.4) is 0 Å². The molecule has 0 aliphatic rings. The Morgan fingerprint density at radius 3 is 2.59 bits per heavy atom. The lowest BCUT2D eigenvalue weighted by molar-refractivity contribution is -0.137. The van der Waals surface area contributed by atoms with Gasteiger partial charge in [0.1, 0.15) is 12.4 Å². The number of hydrogen-bond donors (Lipinski definition) is 2. The minimum Gasteiger partial charge on any atom is -0.480 e. The lowest BCUT2D eigenvalue weighted by Crippen LogP contribution is -2.21. The van der Waals surface area contributed by atoms with Gasteiger partial charge in [0.05, 0.1) is 5.92 Å². The summed E-state index contributed by atoms with van der Waals surface area (Å²) in [5.74, 6) is -1.78. The van der Waals surface area contributed by atoms with Crippen molar-refractivity contribution >= 4 is 17.7 Å². The molecular weight excluding hydrogens is 289 g/mol. The van der Waals surface area contributed by atoms with Crippen molar-refractivity contribution in [3.05, 3.63) is 47.9 Å². The smallest absolute Gasteiger partial charge is 0.325 e. The SMILES string of the molecule is CCC(C(=O)Nc1ccn(CC(=O)O)n1)c1ccc(F)cc1. The number of rotatable bonds is 6. The normalized spacial score (nSPS) is 11.9. The molecule has 1 atom stereocenters. The quantitative estimate of drug-likeness (QED) is 0.857. The van der Waals surface area contributed by atoms with Gasteiger partial charge in [-0.2, -0.15) is 5.10 Å². The van der Waals surface area contributed by atoms with E-state index in [-0.39, 0.29) is 24.1 Å². The Labute approximate surface area is 126 Å². The Kier molecular flexibility index (Phi) is 4.88. The van der Waals surface area contributed by atoms with Crippen molar-refractivity contribution in [3.63, 3.8) is 0 Å². The summed E-state index contributed by atoms with van der Waals surface area (Å²) in [6, 6.07) is 7.30. The van der Waals surface area contributed by atoms with Crippen LogP contribution in [0.4, 0.5) is 10.2 Å². The van der Waals surface area contributed by atoms with Gasteiger partial charge in [0, 0.05) is 12.3 Å². The Bertz CT molecular complexity index is 667. The fourth-order valence-electron chi connectivity index (χ4n) is 2.14. The van der Waals surface area contributed by atoms with Gasteiger partial charge in [-0.1, -0.05) is 19.1 Å². The fraction of sp³-hybridized carbons (Fsp3) is 0.267. The highest BCUT2D eigenvalue weighted by Gasteiger charge is 2.19. The van der Waals surface area contributed by atoms with Gasteiger partial charge in [-0.05, 0) is 24.1 Å². The van der Waals surface area contributed by atoms with E-state index in [4.69, 9.17) is 5.11 Å². The molecule has 1 unspecified atom stereocenters. The summed E-state index contributed by atoms with van der Waals surface area (Å²) < 4.78 is 14.2. The lowest BCUT2D eigenvalue weighted by atomic mass is 9.95. The Morgan fingerprint density at radius 1 is 1.32 bits per heavy atom. The lowest BCUT2D eigenvalue weighted by Gasteiger charge is -2.14. The fourth-order valence-corrected chi connectivity index (χ4v) is 2.14. The third kappa shape index (κ3) is 3.91. The van der Waals surface area contributed by atoms with Crippen LogP contribution in [-0.2, 0) is 16.1 Å². The van der Waals surface area contributed by atoms with Crippen molar-refractivity contribution in [2.24, 2.45) is 0 Å². The number of carboxylic acid groups (broad SMARTS) is 1. The molecule has 22 heavy (non-hydrogen) atoms. The summed E-state index contributed by atoms with van der Waals surface area (Å²) >= 11 is 0. The van der Waals surface area contributed by atoms with E-state index in [0.29, 0.717) is 12.0 Å². The predicted octanol–water partition coefficient (Wildman–Crippen LogP) is 2.24. The first-order valence-electron chi connectivity index (χ1n) is 6.81. The van der Waals surface area contributed by atoms with E-state index in [1.54, 1.807) is 12.1 Å². The molecule has 0 saturated carbocycles. The molecule has 0 aliphatic heterocycles. The maximum Gasteiger partial charge on any atom is 0.325 e. The summed E-state index contributed by atoms with van der Waals surface area (Å²) in [6.45, 7) is 1.58. The zero-order valence-electron chi connectivity index (χ0n) is 12.0. The van der Waals surface area contributed by atoms with Gasteiger partial charge in [-0.25, -0.2) is 4.39 Å². The predicted molar refractivity (Wildman–Crippen MR) is 77.9 cm³/mol. The van der Waals surface area contributed by atoms with Crippen molar-refractivity contribution in [2.75, 3.05) is 5.32 Å². The highest BCUT2D eigenvalue weighted by Crippen LogP contribution is 2.21. The van der Waals surface area contributed by atoms with E-state index >= 15 is 0 Å². The van der Waals surface area contributed by atoms with Gasteiger partial charge >= 0.3 is 5.97 Å². The molecule has 0 bridgehead atoms. The number of anilines is 1. The monoisotopic (exact) mass is 305 g/mol. The van der Waals surface area contributed by atoms with Gasteiger partial charge in [0.25, 0.3) is 0 Å². The molecule has 1 amide bonds. The minimum atomic E-state index is -1.02. The van der Waals surface area contributed by atoms with Crippen LogP contribution < -0.4 is 5.32 Å². The first kappa shape index (κ1) is 15.7. The highest BCUT2D eigenvalue weighted by molar-refractivity contribution is 5.95. The van der Waals surface area contributed by atoms with E-state index in [1.165, 1.54) is 29.1 Å². The molecule has 116 valence electrons. The molecule has 0 spiro atoms. The largest absolute Gasteiger partial charge is 0.480 e. The maximum atomic E-state index is 12.9. The third-order valence-electron chi connectivity index (χ3n) is 3.19. The molecule has 1 aromatic carbocycles. The Morgan fingerprint density at radius 2 is 2.00 bits per heavy atom. The van der Waals surface area contributed by atoms with Gasteiger partial charge in [-0.3, -0.25) is 14.3 Å². The summed E-state index contributed by atoms with van der Waals surface area (Å²) in [5, 5.41) is 15.3. The second-order valence-electron chi connectivity index (χ2n) is 4.79. The second-order valence-corrected chi connectivity index (χ2v) is 4.79. The van der Waals surface area contributed by atoms with Crippen LogP contribution in [0.25, 0.3) is 0 Å². The number of carboxylic acids is 1. The molecule has 0 fully saturated rings. The van der Waals surface area contributed by atoms with Crippen LogP contribution in [0.5, 0.6) is 0 Å². The molecule has 1 aromatic heterocycles. The maximum absolute atomic E-state index is 12.9. The topological polar surface area (TPSA) is 84.2 Å². The molecule has 0 saturated heterocycles. The average molecular weight is 305 g/mol. The molecule has 0 aliphatic carbocycles. The molecule has 2 N–H and O–H groups in total. The van der Waals surface area contributed by atoms with Gasteiger partial charge in [0.2, 0.25) is 5.91 Å². The van der Waals surface area contributed by atoms with Crippen LogP contribution in [0, 0.1) is 5.82 Å². The zero-order chi connectivity index (χ0) is 16.1. The van der Waals surface area contributed by atoms with E-state index in [2.05, 4.69) is 10.4 Å².